The minimum absolute atomic E-state index is 0.0535. The molecule has 2 N–H and O–H groups in total. The summed E-state index contributed by atoms with van der Waals surface area (Å²) in [5.74, 6) is 0.140. The van der Waals surface area contributed by atoms with Crippen molar-refractivity contribution >= 4 is 23.2 Å². The van der Waals surface area contributed by atoms with E-state index in [-0.39, 0.29) is 12.5 Å². The van der Waals surface area contributed by atoms with Crippen molar-refractivity contribution in [3.8, 4) is 0 Å². The summed E-state index contributed by atoms with van der Waals surface area (Å²) in [5.41, 5.74) is 7.85. The van der Waals surface area contributed by atoms with E-state index >= 15 is 0 Å². The number of nitrogens with two attached hydrogens (primary N) is 1. The second-order valence-corrected chi connectivity index (χ2v) is 4.32. The predicted molar refractivity (Wildman–Crippen MR) is 77.3 cm³/mol. The molecule has 5 heteroatoms. The molecule has 3 rings (SSSR count). The van der Waals surface area contributed by atoms with Crippen LogP contribution in [0.3, 0.4) is 0 Å². The lowest BCUT2D eigenvalue weighted by molar-refractivity contribution is -0.121. The number of benzene rings is 2. The molecule has 1 aliphatic rings. The zero-order valence-corrected chi connectivity index (χ0v) is 10.7. The average Bonchev–Trinajstić information content (AvgIpc) is 2.49. The summed E-state index contributed by atoms with van der Waals surface area (Å²) >= 11 is 0. The SMILES string of the molecule is Nc1ccccc1C1=NN(c2ccccc2)C(=O)CO1. The van der Waals surface area contributed by atoms with E-state index in [0.717, 1.165) is 0 Å². The molecule has 0 bridgehead atoms. The van der Waals surface area contributed by atoms with Gasteiger partial charge in [0, 0.05) is 5.69 Å². The number of para-hydroxylation sites is 2. The highest BCUT2D eigenvalue weighted by atomic mass is 16.5. The van der Waals surface area contributed by atoms with Gasteiger partial charge in [0.05, 0.1) is 11.3 Å². The molecule has 0 saturated heterocycles. The Hall–Kier alpha value is -2.82. The highest BCUT2D eigenvalue weighted by Gasteiger charge is 2.24. The van der Waals surface area contributed by atoms with E-state index < -0.39 is 0 Å². The Morgan fingerprint density at radius 1 is 1.05 bits per heavy atom. The first-order chi connectivity index (χ1) is 9.75. The summed E-state index contributed by atoms with van der Waals surface area (Å²) in [5, 5.41) is 5.60. The summed E-state index contributed by atoms with van der Waals surface area (Å²) < 4.78 is 5.39. The fourth-order valence-corrected chi connectivity index (χ4v) is 1.96. The third kappa shape index (κ3) is 2.21. The lowest BCUT2D eigenvalue weighted by atomic mass is 10.2. The number of hydrogen-bond acceptors (Lipinski definition) is 4. The van der Waals surface area contributed by atoms with E-state index in [1.54, 1.807) is 6.07 Å². The number of carbonyl (C=O) groups is 1. The van der Waals surface area contributed by atoms with Gasteiger partial charge in [-0.1, -0.05) is 30.3 Å². The quantitative estimate of drug-likeness (QED) is 0.846. The van der Waals surface area contributed by atoms with Gasteiger partial charge in [0.15, 0.2) is 6.61 Å². The maximum absolute atomic E-state index is 11.9. The first-order valence-corrected chi connectivity index (χ1v) is 6.20. The second-order valence-electron chi connectivity index (χ2n) is 4.32. The van der Waals surface area contributed by atoms with Crippen LogP contribution in [0, 0.1) is 0 Å². The van der Waals surface area contributed by atoms with Gasteiger partial charge in [0.2, 0.25) is 5.90 Å². The van der Waals surface area contributed by atoms with Crippen LogP contribution in [0.4, 0.5) is 11.4 Å². The number of nitrogen functional groups attached to an aromatic ring is 1. The number of ether oxygens (including phenoxy) is 1. The molecule has 0 spiro atoms. The molecule has 0 unspecified atom stereocenters. The monoisotopic (exact) mass is 267 g/mol. The number of hydrogen-bond donors (Lipinski definition) is 1. The minimum atomic E-state index is -0.213. The van der Waals surface area contributed by atoms with Crippen LogP contribution in [0.25, 0.3) is 0 Å². The molecule has 1 aliphatic heterocycles. The Kier molecular flexibility index (Phi) is 3.09. The van der Waals surface area contributed by atoms with Crippen LogP contribution in [-0.4, -0.2) is 18.4 Å². The van der Waals surface area contributed by atoms with Gasteiger partial charge in [-0.25, -0.2) is 0 Å². The Labute approximate surface area is 116 Å². The summed E-state index contributed by atoms with van der Waals surface area (Å²) in [7, 11) is 0. The molecular weight excluding hydrogens is 254 g/mol. The Balaban J connectivity index is 2.02. The summed E-state index contributed by atoms with van der Waals surface area (Å²) in [6.07, 6.45) is 0. The van der Waals surface area contributed by atoms with Crippen LogP contribution in [0.15, 0.2) is 59.7 Å². The number of rotatable bonds is 2. The summed E-state index contributed by atoms with van der Waals surface area (Å²) in [6.45, 7) is -0.0535. The van der Waals surface area contributed by atoms with E-state index in [0.29, 0.717) is 22.8 Å². The zero-order valence-electron chi connectivity index (χ0n) is 10.7. The molecule has 1 heterocycles. The molecule has 0 atom stereocenters. The zero-order chi connectivity index (χ0) is 13.9. The molecule has 0 radical (unpaired) electrons. The third-order valence-electron chi connectivity index (χ3n) is 2.95. The van der Waals surface area contributed by atoms with Gasteiger partial charge in [0.1, 0.15) is 0 Å². The Morgan fingerprint density at radius 2 is 1.75 bits per heavy atom. The first-order valence-electron chi connectivity index (χ1n) is 6.20. The van der Waals surface area contributed by atoms with Crippen LogP contribution in [0.1, 0.15) is 5.56 Å². The predicted octanol–water partition coefficient (Wildman–Crippen LogP) is 1.99. The molecule has 0 aliphatic carbocycles. The van der Waals surface area contributed by atoms with E-state index in [1.807, 2.05) is 48.5 Å². The number of amides is 1. The van der Waals surface area contributed by atoms with E-state index in [4.69, 9.17) is 10.5 Å². The smallest absolute Gasteiger partial charge is 0.285 e. The first kappa shape index (κ1) is 12.2. The van der Waals surface area contributed by atoms with Crippen LogP contribution < -0.4 is 10.7 Å². The van der Waals surface area contributed by atoms with Crippen molar-refractivity contribution in [3.05, 3.63) is 60.2 Å². The molecule has 2 aromatic carbocycles. The van der Waals surface area contributed by atoms with Gasteiger partial charge in [-0.2, -0.15) is 5.01 Å². The molecule has 5 nitrogen and oxygen atoms in total. The van der Waals surface area contributed by atoms with Crippen LogP contribution in [-0.2, 0) is 9.53 Å². The van der Waals surface area contributed by atoms with Crippen molar-refractivity contribution in [2.24, 2.45) is 5.10 Å². The lowest BCUT2D eigenvalue weighted by Gasteiger charge is -2.24. The lowest BCUT2D eigenvalue weighted by Crippen LogP contribution is -2.37. The molecular formula is C15H13N3O2. The van der Waals surface area contributed by atoms with E-state index in [1.165, 1.54) is 5.01 Å². The Bertz CT molecular complexity index is 668. The summed E-state index contributed by atoms with van der Waals surface area (Å²) in [6, 6.07) is 16.5. The van der Waals surface area contributed by atoms with Crippen molar-refractivity contribution in [1.29, 1.82) is 0 Å². The normalized spacial score (nSPS) is 14.7. The van der Waals surface area contributed by atoms with E-state index in [2.05, 4.69) is 5.10 Å². The van der Waals surface area contributed by atoms with Gasteiger partial charge >= 0.3 is 0 Å². The van der Waals surface area contributed by atoms with Gasteiger partial charge < -0.3 is 10.5 Å². The maximum Gasteiger partial charge on any atom is 0.285 e. The largest absolute Gasteiger partial charge is 0.466 e. The molecule has 2 aromatic rings. The van der Waals surface area contributed by atoms with Crippen molar-refractivity contribution in [1.82, 2.24) is 0 Å². The summed E-state index contributed by atoms with van der Waals surface area (Å²) in [4.78, 5) is 11.9. The fourth-order valence-electron chi connectivity index (χ4n) is 1.96. The van der Waals surface area contributed by atoms with E-state index in [9.17, 15) is 4.79 Å². The third-order valence-corrected chi connectivity index (χ3v) is 2.95. The number of nitrogens with zero attached hydrogens (tertiary/aromatic N) is 2. The number of hydrazone groups is 1. The Morgan fingerprint density at radius 3 is 2.50 bits per heavy atom. The molecule has 0 aromatic heterocycles. The van der Waals surface area contributed by atoms with Gasteiger partial charge in [0.25, 0.3) is 5.91 Å². The molecule has 1 amide bonds. The standard InChI is InChI=1S/C15H13N3O2/c16-13-9-5-4-8-12(13)15-17-18(14(19)10-20-15)11-6-2-1-3-7-11/h1-9H,10,16H2. The molecule has 100 valence electrons. The van der Waals surface area contributed by atoms with Crippen molar-refractivity contribution in [2.75, 3.05) is 17.3 Å². The van der Waals surface area contributed by atoms with Crippen LogP contribution >= 0.6 is 0 Å². The van der Waals surface area contributed by atoms with Crippen LogP contribution in [0.5, 0.6) is 0 Å². The molecule has 0 saturated carbocycles. The maximum atomic E-state index is 11.9. The minimum Gasteiger partial charge on any atom is -0.466 e. The highest BCUT2D eigenvalue weighted by Crippen LogP contribution is 2.20. The molecule has 20 heavy (non-hydrogen) atoms. The van der Waals surface area contributed by atoms with Crippen molar-refractivity contribution in [3.63, 3.8) is 0 Å². The highest BCUT2D eigenvalue weighted by molar-refractivity contribution is 6.06. The van der Waals surface area contributed by atoms with Crippen LogP contribution in [0.2, 0.25) is 0 Å². The van der Waals surface area contributed by atoms with Crippen molar-refractivity contribution < 1.29 is 9.53 Å². The van der Waals surface area contributed by atoms with Gasteiger partial charge in [-0.15, -0.1) is 5.10 Å². The average molecular weight is 267 g/mol. The number of carbonyl (C=O) groups excluding carboxylic acids is 1. The fraction of sp³-hybridized carbons (Fsp3) is 0.0667. The topological polar surface area (TPSA) is 67.9 Å². The molecule has 0 fully saturated rings. The number of anilines is 2. The van der Waals surface area contributed by atoms with Gasteiger partial charge in [-0.05, 0) is 24.3 Å². The van der Waals surface area contributed by atoms with Gasteiger partial charge in [-0.3, -0.25) is 4.79 Å². The van der Waals surface area contributed by atoms with Crippen molar-refractivity contribution in [2.45, 2.75) is 0 Å². The second kappa shape index (κ2) is 5.05.